The molecule has 0 heterocycles. The van der Waals surface area contributed by atoms with E-state index in [0.717, 1.165) is 0 Å². The van der Waals surface area contributed by atoms with Crippen molar-refractivity contribution in [2.45, 2.75) is 71.6 Å². The molecule has 0 N–H and O–H groups in total. The minimum absolute atomic E-state index is 0.0314. The van der Waals surface area contributed by atoms with Crippen molar-refractivity contribution in [2.75, 3.05) is 0 Å². The number of fused-ring (bicyclic) bond motifs is 6. The topological polar surface area (TPSA) is 0 Å². The smallest absolute Gasteiger partial charge is 0.0159 e. The van der Waals surface area contributed by atoms with Gasteiger partial charge in [0.15, 0.2) is 0 Å². The van der Waals surface area contributed by atoms with Crippen LogP contribution in [-0.4, -0.2) is 0 Å². The number of hydrogen-bond acceptors (Lipinski definition) is 0. The van der Waals surface area contributed by atoms with Gasteiger partial charge in [-0.05, 0) is 100 Å². The van der Waals surface area contributed by atoms with Gasteiger partial charge in [-0.2, -0.15) is 0 Å². The Morgan fingerprint density at radius 3 is 1.69 bits per heavy atom. The highest BCUT2D eigenvalue weighted by Crippen LogP contribution is 2.53. The van der Waals surface area contributed by atoms with Crippen LogP contribution in [0.3, 0.4) is 0 Å². The lowest BCUT2D eigenvalue weighted by atomic mass is 9.78. The Bertz CT molecular complexity index is 1830. The summed E-state index contributed by atoms with van der Waals surface area (Å²) in [5.41, 5.74) is 16.8. The normalized spacial score (nSPS) is 14.9. The van der Waals surface area contributed by atoms with Crippen LogP contribution in [-0.2, 0) is 16.2 Å². The number of benzene rings is 5. The molecule has 0 radical (unpaired) electrons. The third-order valence-electron chi connectivity index (χ3n) is 9.36. The first-order valence-corrected chi connectivity index (χ1v) is 14.4. The molecule has 0 saturated heterocycles. The zero-order valence-electron chi connectivity index (χ0n) is 24.6. The van der Waals surface area contributed by atoms with Crippen LogP contribution in [0.15, 0.2) is 84.9 Å². The van der Waals surface area contributed by atoms with Crippen molar-refractivity contribution in [2.24, 2.45) is 0 Å². The van der Waals surface area contributed by atoms with Gasteiger partial charge in [-0.25, -0.2) is 0 Å². The maximum atomic E-state index is 2.47. The van der Waals surface area contributed by atoms with Gasteiger partial charge in [0.1, 0.15) is 0 Å². The Morgan fingerprint density at radius 1 is 0.462 bits per heavy atom. The number of hydrogen-bond donors (Lipinski definition) is 0. The predicted octanol–water partition coefficient (Wildman–Crippen LogP) is 11.1. The van der Waals surface area contributed by atoms with E-state index in [1.807, 2.05) is 0 Å². The van der Waals surface area contributed by atoms with E-state index in [4.69, 9.17) is 0 Å². The highest BCUT2D eigenvalue weighted by Gasteiger charge is 2.36. The molecule has 2 aliphatic rings. The highest BCUT2D eigenvalue weighted by molar-refractivity contribution is 6.18. The molecule has 0 aliphatic heterocycles. The van der Waals surface area contributed by atoms with E-state index in [1.165, 1.54) is 77.5 Å². The maximum Gasteiger partial charge on any atom is 0.0159 e. The molecule has 0 bridgehead atoms. The fraction of sp³-hybridized carbons (Fsp3) is 0.282. The lowest BCUT2D eigenvalue weighted by Crippen LogP contribution is -2.17. The van der Waals surface area contributed by atoms with E-state index < -0.39 is 0 Å². The van der Waals surface area contributed by atoms with Gasteiger partial charge in [-0.3, -0.25) is 0 Å². The Hall–Kier alpha value is -3.64. The van der Waals surface area contributed by atoms with Gasteiger partial charge >= 0.3 is 0 Å². The molecule has 0 nitrogen and oxygen atoms in total. The minimum Gasteiger partial charge on any atom is -0.0610 e. The minimum atomic E-state index is -0.0314. The molecule has 0 amide bonds. The summed E-state index contributed by atoms with van der Waals surface area (Å²) in [5.74, 6) is 0. The standard InChI is InChI=1S/C39H38/c1-37(2,3)24-13-16-27-31-11-9-10-30-26(18-19-32(36(30)31)33(27)21-24)23-12-15-28-29-17-14-25(38(4,5)6)22-35(29)39(7,8)34(28)20-23/h9-22H,1-8H3. The zero-order valence-corrected chi connectivity index (χ0v) is 24.6. The van der Waals surface area contributed by atoms with Crippen molar-refractivity contribution in [1.82, 2.24) is 0 Å². The fourth-order valence-electron chi connectivity index (χ4n) is 6.95. The monoisotopic (exact) mass is 506 g/mol. The first-order chi connectivity index (χ1) is 18.4. The summed E-state index contributed by atoms with van der Waals surface area (Å²) in [4.78, 5) is 0. The highest BCUT2D eigenvalue weighted by atomic mass is 14.4. The van der Waals surface area contributed by atoms with E-state index in [0.29, 0.717) is 0 Å². The molecule has 2 aliphatic carbocycles. The fourth-order valence-corrected chi connectivity index (χ4v) is 6.95. The van der Waals surface area contributed by atoms with Crippen LogP contribution in [0, 0.1) is 0 Å². The molecule has 0 spiro atoms. The number of rotatable bonds is 1. The molecule has 5 aromatic carbocycles. The predicted molar refractivity (Wildman–Crippen MR) is 169 cm³/mol. The molecular weight excluding hydrogens is 468 g/mol. The second-order valence-corrected chi connectivity index (χ2v) is 14.3. The molecule has 0 atom stereocenters. The van der Waals surface area contributed by atoms with E-state index in [1.54, 1.807) is 0 Å². The van der Waals surface area contributed by atoms with Crippen LogP contribution in [0.4, 0.5) is 0 Å². The second-order valence-electron chi connectivity index (χ2n) is 14.3. The van der Waals surface area contributed by atoms with Crippen molar-refractivity contribution < 1.29 is 0 Å². The Balaban J connectivity index is 1.39. The maximum absolute atomic E-state index is 2.47. The van der Waals surface area contributed by atoms with Crippen LogP contribution in [0.1, 0.15) is 77.6 Å². The van der Waals surface area contributed by atoms with E-state index >= 15 is 0 Å². The lowest BCUT2D eigenvalue weighted by molar-refractivity contribution is 0.584. The van der Waals surface area contributed by atoms with E-state index in [2.05, 4.69) is 140 Å². The molecule has 7 rings (SSSR count). The summed E-state index contributed by atoms with van der Waals surface area (Å²) >= 11 is 0. The molecule has 0 heteroatoms. The first-order valence-electron chi connectivity index (χ1n) is 14.4. The van der Waals surface area contributed by atoms with Crippen LogP contribution < -0.4 is 0 Å². The largest absolute Gasteiger partial charge is 0.0610 e. The van der Waals surface area contributed by atoms with Gasteiger partial charge in [-0.15, -0.1) is 0 Å². The third-order valence-corrected chi connectivity index (χ3v) is 9.36. The van der Waals surface area contributed by atoms with Gasteiger partial charge in [-0.1, -0.05) is 128 Å². The summed E-state index contributed by atoms with van der Waals surface area (Å²) in [6.45, 7) is 18.6. The molecule has 194 valence electrons. The van der Waals surface area contributed by atoms with Gasteiger partial charge in [0.25, 0.3) is 0 Å². The van der Waals surface area contributed by atoms with E-state index in [9.17, 15) is 0 Å². The summed E-state index contributed by atoms with van der Waals surface area (Å²) < 4.78 is 0. The van der Waals surface area contributed by atoms with Gasteiger partial charge in [0.2, 0.25) is 0 Å². The quantitative estimate of drug-likeness (QED) is 0.208. The Kier molecular flexibility index (Phi) is 4.83. The molecule has 5 aromatic rings. The van der Waals surface area contributed by atoms with Crippen molar-refractivity contribution in [3.63, 3.8) is 0 Å². The molecule has 0 fully saturated rings. The third kappa shape index (κ3) is 3.43. The first kappa shape index (κ1) is 24.4. The van der Waals surface area contributed by atoms with Gasteiger partial charge in [0.05, 0.1) is 0 Å². The summed E-state index contributed by atoms with van der Waals surface area (Å²) in [7, 11) is 0. The average Bonchev–Trinajstić information content (AvgIpc) is 3.33. The van der Waals surface area contributed by atoms with E-state index in [-0.39, 0.29) is 16.2 Å². The molecule has 39 heavy (non-hydrogen) atoms. The summed E-state index contributed by atoms with van der Waals surface area (Å²) in [6, 6.07) is 32.9. The van der Waals surface area contributed by atoms with Crippen molar-refractivity contribution >= 4 is 10.8 Å². The Morgan fingerprint density at radius 2 is 1.00 bits per heavy atom. The van der Waals surface area contributed by atoms with Crippen LogP contribution >= 0.6 is 0 Å². The summed E-state index contributed by atoms with van der Waals surface area (Å²) in [5, 5.41) is 2.75. The van der Waals surface area contributed by atoms with Crippen LogP contribution in [0.2, 0.25) is 0 Å². The van der Waals surface area contributed by atoms with Crippen molar-refractivity contribution in [3.05, 3.63) is 107 Å². The van der Waals surface area contributed by atoms with Crippen LogP contribution in [0.5, 0.6) is 0 Å². The molecule has 0 aromatic heterocycles. The average molecular weight is 507 g/mol. The van der Waals surface area contributed by atoms with Crippen molar-refractivity contribution in [1.29, 1.82) is 0 Å². The molecule has 0 unspecified atom stereocenters. The molecule has 0 saturated carbocycles. The lowest BCUT2D eigenvalue weighted by Gasteiger charge is -2.25. The van der Waals surface area contributed by atoms with Crippen LogP contribution in [0.25, 0.3) is 55.3 Å². The zero-order chi connectivity index (χ0) is 27.5. The van der Waals surface area contributed by atoms with Crippen molar-refractivity contribution in [3.8, 4) is 44.5 Å². The van der Waals surface area contributed by atoms with Gasteiger partial charge < -0.3 is 0 Å². The Labute approximate surface area is 233 Å². The SMILES string of the molecule is CC(C)(C)c1ccc2c(c1)-c1ccc(-c3ccc4c(c3)C(C)(C)c3cc(C(C)(C)C)ccc3-4)c3cccc-2c13. The summed E-state index contributed by atoms with van der Waals surface area (Å²) in [6.07, 6.45) is 0. The molecular formula is C39H38. The second kappa shape index (κ2) is 7.72. The van der Waals surface area contributed by atoms with Gasteiger partial charge in [0, 0.05) is 5.41 Å².